The second-order valence-electron chi connectivity index (χ2n) is 3.34. The third-order valence-corrected chi connectivity index (χ3v) is 2.51. The summed E-state index contributed by atoms with van der Waals surface area (Å²) in [5, 5.41) is 9.48. The summed E-state index contributed by atoms with van der Waals surface area (Å²) >= 11 is 5.80. The van der Waals surface area contributed by atoms with Crippen molar-refractivity contribution in [3.63, 3.8) is 0 Å². The van der Waals surface area contributed by atoms with E-state index in [1.165, 1.54) is 7.11 Å². The Labute approximate surface area is 93.6 Å². The molecule has 4 heteroatoms. The van der Waals surface area contributed by atoms with Crippen LogP contribution in [0.15, 0.2) is 18.2 Å². The van der Waals surface area contributed by atoms with Gasteiger partial charge in [-0.25, -0.2) is 4.79 Å². The molecule has 1 aromatic carbocycles. The fourth-order valence-electron chi connectivity index (χ4n) is 1.36. The number of carboxylic acids is 1. The van der Waals surface area contributed by atoms with Gasteiger partial charge in [0.25, 0.3) is 0 Å². The number of ether oxygens (including phenoxy) is 1. The van der Waals surface area contributed by atoms with Crippen molar-refractivity contribution in [2.24, 2.45) is 0 Å². The van der Waals surface area contributed by atoms with Gasteiger partial charge < -0.3 is 9.84 Å². The minimum atomic E-state index is -0.952. The van der Waals surface area contributed by atoms with E-state index in [0.717, 1.165) is 11.1 Å². The number of hydrogen-bond donors (Lipinski definition) is 1. The molecule has 1 rings (SSSR count). The SMILES string of the molecule is CO[C@@H](Cc1ccc(Cl)cc1C)C(=O)O. The van der Waals surface area contributed by atoms with Crippen LogP contribution in [-0.2, 0) is 16.0 Å². The third kappa shape index (κ3) is 3.22. The first-order chi connectivity index (χ1) is 7.04. The zero-order valence-electron chi connectivity index (χ0n) is 8.66. The van der Waals surface area contributed by atoms with E-state index >= 15 is 0 Å². The third-order valence-electron chi connectivity index (χ3n) is 2.27. The fourth-order valence-corrected chi connectivity index (χ4v) is 1.59. The van der Waals surface area contributed by atoms with Crippen molar-refractivity contribution in [3.05, 3.63) is 34.3 Å². The van der Waals surface area contributed by atoms with Crippen LogP contribution in [0.1, 0.15) is 11.1 Å². The first-order valence-electron chi connectivity index (χ1n) is 4.55. The van der Waals surface area contributed by atoms with Crippen LogP contribution in [0.3, 0.4) is 0 Å². The van der Waals surface area contributed by atoms with Crippen molar-refractivity contribution in [2.45, 2.75) is 19.4 Å². The minimum absolute atomic E-state index is 0.356. The molecule has 0 radical (unpaired) electrons. The van der Waals surface area contributed by atoms with Crippen LogP contribution in [0, 0.1) is 6.92 Å². The van der Waals surface area contributed by atoms with Gasteiger partial charge in [-0.3, -0.25) is 0 Å². The monoisotopic (exact) mass is 228 g/mol. The molecule has 0 fully saturated rings. The first-order valence-corrected chi connectivity index (χ1v) is 4.93. The largest absolute Gasteiger partial charge is 0.479 e. The second-order valence-corrected chi connectivity index (χ2v) is 3.77. The molecule has 0 unspecified atom stereocenters. The van der Waals surface area contributed by atoms with Crippen molar-refractivity contribution in [1.82, 2.24) is 0 Å². The van der Waals surface area contributed by atoms with Gasteiger partial charge in [0.1, 0.15) is 0 Å². The molecule has 1 aromatic rings. The van der Waals surface area contributed by atoms with E-state index < -0.39 is 12.1 Å². The van der Waals surface area contributed by atoms with E-state index in [4.69, 9.17) is 21.4 Å². The lowest BCUT2D eigenvalue weighted by atomic mass is 10.0. The normalized spacial score (nSPS) is 12.5. The predicted octanol–water partition coefficient (Wildman–Crippen LogP) is 2.29. The van der Waals surface area contributed by atoms with Gasteiger partial charge in [-0.2, -0.15) is 0 Å². The first kappa shape index (κ1) is 12.0. The number of aryl methyl sites for hydroxylation is 1. The molecular weight excluding hydrogens is 216 g/mol. The maximum Gasteiger partial charge on any atom is 0.333 e. The highest BCUT2D eigenvalue weighted by Crippen LogP contribution is 2.17. The van der Waals surface area contributed by atoms with E-state index in [-0.39, 0.29) is 0 Å². The van der Waals surface area contributed by atoms with Crippen molar-refractivity contribution in [2.75, 3.05) is 7.11 Å². The van der Waals surface area contributed by atoms with Crippen LogP contribution in [0.2, 0.25) is 5.02 Å². The molecule has 0 saturated heterocycles. The summed E-state index contributed by atoms with van der Waals surface area (Å²) in [4.78, 5) is 10.8. The lowest BCUT2D eigenvalue weighted by Crippen LogP contribution is -2.25. The fraction of sp³-hybridized carbons (Fsp3) is 0.364. The van der Waals surface area contributed by atoms with Crippen LogP contribution in [0.25, 0.3) is 0 Å². The molecule has 0 bridgehead atoms. The van der Waals surface area contributed by atoms with Crippen LogP contribution >= 0.6 is 11.6 Å². The summed E-state index contributed by atoms with van der Waals surface area (Å²) < 4.78 is 4.87. The summed E-state index contributed by atoms with van der Waals surface area (Å²) in [5.74, 6) is -0.952. The number of aliphatic carboxylic acids is 1. The lowest BCUT2D eigenvalue weighted by Gasteiger charge is -2.12. The van der Waals surface area contributed by atoms with Gasteiger partial charge in [0.05, 0.1) is 0 Å². The molecule has 15 heavy (non-hydrogen) atoms. The molecule has 0 aliphatic rings. The number of rotatable bonds is 4. The summed E-state index contributed by atoms with van der Waals surface area (Å²) in [6.07, 6.45) is -0.445. The summed E-state index contributed by atoms with van der Waals surface area (Å²) in [7, 11) is 1.39. The molecule has 0 amide bonds. The van der Waals surface area contributed by atoms with Gasteiger partial charge in [0.2, 0.25) is 0 Å². The Hall–Kier alpha value is -1.06. The van der Waals surface area contributed by atoms with Crippen LogP contribution in [0.4, 0.5) is 0 Å². The molecular formula is C11H13ClO3. The Morgan fingerprint density at radius 2 is 2.27 bits per heavy atom. The highest BCUT2D eigenvalue weighted by atomic mass is 35.5. The van der Waals surface area contributed by atoms with Crippen molar-refractivity contribution < 1.29 is 14.6 Å². The summed E-state index contributed by atoms with van der Waals surface area (Å²) in [6.45, 7) is 1.90. The number of carbonyl (C=O) groups is 1. The molecule has 0 aliphatic heterocycles. The van der Waals surface area contributed by atoms with Gasteiger partial charge in [-0.05, 0) is 30.2 Å². The number of methoxy groups -OCH3 is 1. The molecule has 0 saturated carbocycles. The maximum absolute atomic E-state index is 10.8. The molecule has 0 spiro atoms. The Morgan fingerprint density at radius 1 is 1.60 bits per heavy atom. The van der Waals surface area contributed by atoms with Crippen molar-refractivity contribution in [1.29, 1.82) is 0 Å². The van der Waals surface area contributed by atoms with Gasteiger partial charge in [-0.1, -0.05) is 17.7 Å². The Bertz CT molecular complexity index is 363. The average molecular weight is 229 g/mol. The predicted molar refractivity (Wildman–Crippen MR) is 58.3 cm³/mol. The van der Waals surface area contributed by atoms with Gasteiger partial charge in [0, 0.05) is 18.6 Å². The molecule has 3 nitrogen and oxygen atoms in total. The zero-order valence-corrected chi connectivity index (χ0v) is 9.41. The molecule has 0 aliphatic carbocycles. The van der Waals surface area contributed by atoms with Crippen LogP contribution in [0.5, 0.6) is 0 Å². The average Bonchev–Trinajstić information content (AvgIpc) is 2.16. The molecule has 0 heterocycles. The van der Waals surface area contributed by atoms with E-state index in [1.807, 2.05) is 19.1 Å². The number of carboxylic acid groups (broad SMARTS) is 1. The number of hydrogen-bond acceptors (Lipinski definition) is 2. The van der Waals surface area contributed by atoms with Crippen molar-refractivity contribution >= 4 is 17.6 Å². The Balaban J connectivity index is 2.84. The molecule has 82 valence electrons. The second kappa shape index (κ2) is 5.14. The molecule has 1 atom stereocenters. The number of benzene rings is 1. The van der Waals surface area contributed by atoms with Gasteiger partial charge in [-0.15, -0.1) is 0 Å². The quantitative estimate of drug-likeness (QED) is 0.860. The molecule has 0 aromatic heterocycles. The van der Waals surface area contributed by atoms with E-state index in [1.54, 1.807) is 6.07 Å². The van der Waals surface area contributed by atoms with Crippen LogP contribution < -0.4 is 0 Å². The summed E-state index contributed by atoms with van der Waals surface area (Å²) in [5.41, 5.74) is 1.92. The van der Waals surface area contributed by atoms with Gasteiger partial charge in [0.15, 0.2) is 6.10 Å². The van der Waals surface area contributed by atoms with E-state index in [2.05, 4.69) is 0 Å². The highest BCUT2D eigenvalue weighted by molar-refractivity contribution is 6.30. The Morgan fingerprint density at radius 3 is 2.73 bits per heavy atom. The standard InChI is InChI=1S/C11H13ClO3/c1-7-5-9(12)4-3-8(7)6-10(15-2)11(13)14/h3-5,10H,6H2,1-2H3,(H,13,14)/t10-/m0/s1. The van der Waals surface area contributed by atoms with E-state index in [9.17, 15) is 4.79 Å². The summed E-state index contributed by atoms with van der Waals surface area (Å²) in [6, 6.07) is 5.39. The van der Waals surface area contributed by atoms with Crippen molar-refractivity contribution in [3.8, 4) is 0 Å². The van der Waals surface area contributed by atoms with E-state index in [0.29, 0.717) is 11.4 Å². The van der Waals surface area contributed by atoms with Gasteiger partial charge >= 0.3 is 5.97 Å². The van der Waals surface area contributed by atoms with Crippen LogP contribution in [-0.4, -0.2) is 24.3 Å². The zero-order chi connectivity index (χ0) is 11.4. The topological polar surface area (TPSA) is 46.5 Å². The number of halogens is 1. The minimum Gasteiger partial charge on any atom is -0.479 e. The Kier molecular flexibility index (Phi) is 4.12. The lowest BCUT2D eigenvalue weighted by molar-refractivity contribution is -0.148. The molecule has 1 N–H and O–H groups in total. The maximum atomic E-state index is 10.8. The highest BCUT2D eigenvalue weighted by Gasteiger charge is 2.17. The smallest absolute Gasteiger partial charge is 0.333 e.